The standard InChI is InChI=1S/C15H21N5O2/c1-5-8-20-13(16-9-17-20)11(3)18-14(21)12-7-6-10(2)19(4)15(12)22/h6-7,9,11H,5,8H2,1-4H3,(H,18,21)/t11-/m1/s1. The molecule has 0 spiro atoms. The van der Waals surface area contributed by atoms with Gasteiger partial charge in [0.1, 0.15) is 17.7 Å². The van der Waals surface area contributed by atoms with Crippen LogP contribution in [0.15, 0.2) is 23.3 Å². The van der Waals surface area contributed by atoms with E-state index in [1.165, 1.54) is 10.9 Å². The molecule has 0 radical (unpaired) electrons. The van der Waals surface area contributed by atoms with Crippen LogP contribution in [0.4, 0.5) is 0 Å². The average Bonchev–Trinajstić information content (AvgIpc) is 2.93. The second kappa shape index (κ2) is 6.55. The number of aromatic nitrogens is 4. The topological polar surface area (TPSA) is 81.8 Å². The number of amides is 1. The van der Waals surface area contributed by atoms with Crippen molar-refractivity contribution in [2.24, 2.45) is 7.05 Å². The van der Waals surface area contributed by atoms with Gasteiger partial charge in [0.05, 0.1) is 6.04 Å². The van der Waals surface area contributed by atoms with Gasteiger partial charge in [-0.2, -0.15) is 5.10 Å². The number of hydrogen-bond acceptors (Lipinski definition) is 4. The lowest BCUT2D eigenvalue weighted by molar-refractivity contribution is 0.0935. The van der Waals surface area contributed by atoms with E-state index in [0.29, 0.717) is 5.82 Å². The van der Waals surface area contributed by atoms with E-state index in [-0.39, 0.29) is 17.2 Å². The third-order valence-corrected chi connectivity index (χ3v) is 3.62. The number of carbonyl (C=O) groups is 1. The maximum atomic E-state index is 12.3. The minimum Gasteiger partial charge on any atom is -0.342 e. The van der Waals surface area contributed by atoms with Gasteiger partial charge in [0.2, 0.25) is 0 Å². The molecule has 22 heavy (non-hydrogen) atoms. The third-order valence-electron chi connectivity index (χ3n) is 3.62. The van der Waals surface area contributed by atoms with Crippen molar-refractivity contribution in [2.45, 2.75) is 39.8 Å². The summed E-state index contributed by atoms with van der Waals surface area (Å²) < 4.78 is 3.22. The summed E-state index contributed by atoms with van der Waals surface area (Å²) in [5, 5.41) is 6.95. The molecule has 1 atom stereocenters. The minimum atomic E-state index is -0.404. The van der Waals surface area contributed by atoms with Crippen LogP contribution in [-0.2, 0) is 13.6 Å². The van der Waals surface area contributed by atoms with Crippen LogP contribution in [0.5, 0.6) is 0 Å². The maximum absolute atomic E-state index is 12.3. The normalized spacial score (nSPS) is 12.2. The molecule has 0 fully saturated rings. The summed E-state index contributed by atoms with van der Waals surface area (Å²) in [6.45, 7) is 6.43. The monoisotopic (exact) mass is 303 g/mol. The van der Waals surface area contributed by atoms with Crippen LogP contribution in [0.25, 0.3) is 0 Å². The van der Waals surface area contributed by atoms with Crippen LogP contribution in [-0.4, -0.2) is 25.2 Å². The van der Waals surface area contributed by atoms with Gasteiger partial charge in [-0.1, -0.05) is 6.92 Å². The first-order valence-electron chi connectivity index (χ1n) is 7.31. The molecule has 0 saturated heterocycles. The first-order valence-corrected chi connectivity index (χ1v) is 7.31. The Morgan fingerprint density at radius 2 is 2.14 bits per heavy atom. The zero-order valence-electron chi connectivity index (χ0n) is 13.3. The van der Waals surface area contributed by atoms with Crippen molar-refractivity contribution in [1.82, 2.24) is 24.6 Å². The zero-order chi connectivity index (χ0) is 16.3. The van der Waals surface area contributed by atoms with E-state index in [1.807, 2.05) is 20.8 Å². The molecule has 2 aromatic heterocycles. The fourth-order valence-corrected chi connectivity index (χ4v) is 2.23. The van der Waals surface area contributed by atoms with E-state index in [0.717, 1.165) is 18.7 Å². The molecular weight excluding hydrogens is 282 g/mol. The summed E-state index contributed by atoms with van der Waals surface area (Å²) >= 11 is 0. The fourth-order valence-electron chi connectivity index (χ4n) is 2.23. The van der Waals surface area contributed by atoms with E-state index >= 15 is 0 Å². The Balaban J connectivity index is 2.20. The molecule has 7 nitrogen and oxygen atoms in total. The van der Waals surface area contributed by atoms with Gasteiger partial charge < -0.3 is 9.88 Å². The molecule has 0 bridgehead atoms. The van der Waals surface area contributed by atoms with Crippen LogP contribution in [0.1, 0.15) is 48.2 Å². The van der Waals surface area contributed by atoms with Crippen LogP contribution < -0.4 is 10.9 Å². The molecule has 2 rings (SSSR count). The minimum absolute atomic E-state index is 0.126. The highest BCUT2D eigenvalue weighted by atomic mass is 16.2. The second-order valence-electron chi connectivity index (χ2n) is 5.29. The molecule has 2 heterocycles. The molecule has 0 aliphatic rings. The van der Waals surface area contributed by atoms with Crippen LogP contribution in [0, 0.1) is 6.92 Å². The molecule has 1 N–H and O–H groups in total. The fraction of sp³-hybridized carbons (Fsp3) is 0.467. The van der Waals surface area contributed by atoms with Gasteiger partial charge in [-0.3, -0.25) is 9.59 Å². The predicted molar refractivity (Wildman–Crippen MR) is 82.6 cm³/mol. The van der Waals surface area contributed by atoms with Gasteiger partial charge in [0, 0.05) is 19.3 Å². The molecule has 1 amide bonds. The van der Waals surface area contributed by atoms with Crippen molar-refractivity contribution in [3.8, 4) is 0 Å². The van der Waals surface area contributed by atoms with Crippen molar-refractivity contribution in [2.75, 3.05) is 0 Å². The quantitative estimate of drug-likeness (QED) is 0.899. The van der Waals surface area contributed by atoms with Crippen LogP contribution in [0.2, 0.25) is 0 Å². The predicted octanol–water partition coefficient (Wildman–Crippen LogP) is 1.19. The molecule has 0 unspecified atom stereocenters. The Labute approximate surface area is 129 Å². The number of nitrogens with zero attached hydrogens (tertiary/aromatic N) is 4. The first-order chi connectivity index (χ1) is 10.5. The van der Waals surface area contributed by atoms with Crippen molar-refractivity contribution in [3.05, 3.63) is 45.9 Å². The summed E-state index contributed by atoms with van der Waals surface area (Å²) in [6, 6.07) is 2.98. The van der Waals surface area contributed by atoms with E-state index < -0.39 is 5.91 Å². The highest BCUT2D eigenvalue weighted by Crippen LogP contribution is 2.10. The van der Waals surface area contributed by atoms with Gasteiger partial charge in [0.15, 0.2) is 0 Å². The highest BCUT2D eigenvalue weighted by molar-refractivity contribution is 5.94. The van der Waals surface area contributed by atoms with Crippen molar-refractivity contribution in [3.63, 3.8) is 0 Å². The Kier molecular flexibility index (Phi) is 4.75. The Morgan fingerprint density at radius 3 is 2.82 bits per heavy atom. The van der Waals surface area contributed by atoms with Gasteiger partial charge >= 0.3 is 0 Å². The summed E-state index contributed by atoms with van der Waals surface area (Å²) in [4.78, 5) is 28.6. The summed E-state index contributed by atoms with van der Waals surface area (Å²) in [5.74, 6) is 0.276. The van der Waals surface area contributed by atoms with Gasteiger partial charge in [-0.25, -0.2) is 9.67 Å². The Hall–Kier alpha value is -2.44. The molecule has 2 aromatic rings. The zero-order valence-corrected chi connectivity index (χ0v) is 13.3. The maximum Gasteiger partial charge on any atom is 0.263 e. The van der Waals surface area contributed by atoms with Crippen LogP contribution >= 0.6 is 0 Å². The molecule has 0 aliphatic carbocycles. The molecule has 0 aromatic carbocycles. The lowest BCUT2D eigenvalue weighted by Crippen LogP contribution is -2.35. The lowest BCUT2D eigenvalue weighted by Gasteiger charge is -2.14. The highest BCUT2D eigenvalue weighted by Gasteiger charge is 2.18. The summed E-state index contributed by atoms with van der Waals surface area (Å²) in [5.41, 5.74) is 0.624. The van der Waals surface area contributed by atoms with Crippen molar-refractivity contribution in [1.29, 1.82) is 0 Å². The van der Waals surface area contributed by atoms with E-state index in [9.17, 15) is 9.59 Å². The van der Waals surface area contributed by atoms with Crippen molar-refractivity contribution >= 4 is 5.91 Å². The molecule has 0 aliphatic heterocycles. The van der Waals surface area contributed by atoms with E-state index in [2.05, 4.69) is 15.4 Å². The average molecular weight is 303 g/mol. The van der Waals surface area contributed by atoms with Crippen molar-refractivity contribution < 1.29 is 4.79 Å². The molecule has 0 saturated carbocycles. The molecule has 118 valence electrons. The van der Waals surface area contributed by atoms with E-state index in [1.54, 1.807) is 23.9 Å². The molecular formula is C15H21N5O2. The van der Waals surface area contributed by atoms with Gasteiger partial charge in [-0.05, 0) is 32.4 Å². The Bertz CT molecular complexity index is 732. The van der Waals surface area contributed by atoms with Crippen LogP contribution in [0.3, 0.4) is 0 Å². The largest absolute Gasteiger partial charge is 0.342 e. The number of rotatable bonds is 5. The summed E-state index contributed by atoms with van der Waals surface area (Å²) in [7, 11) is 1.65. The Morgan fingerprint density at radius 1 is 1.41 bits per heavy atom. The lowest BCUT2D eigenvalue weighted by atomic mass is 10.2. The number of pyridine rings is 1. The SMILES string of the molecule is CCCn1ncnc1[C@@H](C)NC(=O)c1ccc(C)n(C)c1=O. The van der Waals surface area contributed by atoms with E-state index in [4.69, 9.17) is 0 Å². The number of carbonyl (C=O) groups excluding carboxylic acids is 1. The van der Waals surface area contributed by atoms with Gasteiger partial charge in [-0.15, -0.1) is 0 Å². The summed E-state index contributed by atoms with van der Waals surface area (Å²) in [6.07, 6.45) is 2.40. The number of hydrogen-bond donors (Lipinski definition) is 1. The number of nitrogens with one attached hydrogen (secondary N) is 1. The number of aryl methyl sites for hydroxylation is 2. The smallest absolute Gasteiger partial charge is 0.263 e. The third kappa shape index (κ3) is 3.08. The van der Waals surface area contributed by atoms with Gasteiger partial charge in [0.25, 0.3) is 11.5 Å². The first kappa shape index (κ1) is 15.9. The second-order valence-corrected chi connectivity index (χ2v) is 5.29. The molecule has 7 heteroatoms.